The Morgan fingerprint density at radius 2 is 1.93 bits per heavy atom. The number of hydrogen-bond donors (Lipinski definition) is 3. The van der Waals surface area contributed by atoms with Gasteiger partial charge in [-0.05, 0) is 43.2 Å². The van der Waals surface area contributed by atoms with Gasteiger partial charge in [-0.2, -0.15) is 5.10 Å². The number of para-hydroxylation sites is 1. The number of carbonyl (C=O) groups excluding carboxylic acids is 3. The van der Waals surface area contributed by atoms with Crippen LogP contribution in [0.1, 0.15) is 18.4 Å². The summed E-state index contributed by atoms with van der Waals surface area (Å²) >= 11 is 9.37. The summed E-state index contributed by atoms with van der Waals surface area (Å²) in [6.45, 7) is -0.260. The maximum absolute atomic E-state index is 12.1. The quantitative estimate of drug-likeness (QED) is 0.313. The minimum Gasteiger partial charge on any atom is -0.483 e. The monoisotopic (exact) mass is 492 g/mol. The fraction of sp³-hybridized carbons (Fsp3) is 0.200. The second-order valence-corrected chi connectivity index (χ2v) is 7.77. The maximum Gasteiger partial charge on any atom is 0.329 e. The highest BCUT2D eigenvalue weighted by Crippen LogP contribution is 2.23. The van der Waals surface area contributed by atoms with Crippen molar-refractivity contribution in [3.05, 3.63) is 57.5 Å². The third-order valence-electron chi connectivity index (χ3n) is 3.97. The van der Waals surface area contributed by atoms with Gasteiger partial charge in [-0.15, -0.1) is 0 Å². The van der Waals surface area contributed by atoms with Gasteiger partial charge in [0.1, 0.15) is 5.75 Å². The van der Waals surface area contributed by atoms with Crippen molar-refractivity contribution >= 4 is 57.2 Å². The predicted molar refractivity (Wildman–Crippen MR) is 117 cm³/mol. The van der Waals surface area contributed by atoms with Crippen molar-refractivity contribution in [1.29, 1.82) is 0 Å². The zero-order valence-electron chi connectivity index (χ0n) is 15.7. The van der Waals surface area contributed by atoms with Gasteiger partial charge in [-0.3, -0.25) is 14.4 Å². The summed E-state index contributed by atoms with van der Waals surface area (Å²) < 4.78 is 6.32. The van der Waals surface area contributed by atoms with E-state index in [1.165, 1.54) is 6.21 Å². The summed E-state index contributed by atoms with van der Waals surface area (Å²) in [6, 6.07) is 12.0. The molecular weight excluding hydrogens is 476 g/mol. The molecule has 0 radical (unpaired) electrons. The number of nitrogens with one attached hydrogen (secondary N) is 3. The predicted octanol–water partition coefficient (Wildman–Crippen LogP) is 2.85. The van der Waals surface area contributed by atoms with Gasteiger partial charge in [0.05, 0.1) is 16.9 Å². The SMILES string of the molecule is O=C(COc1ccc(Br)cc1/C=N\NC(=O)C(=O)NC1CC1)Nc1ccccc1Cl. The fourth-order valence-corrected chi connectivity index (χ4v) is 2.90. The normalized spacial score (nSPS) is 13.0. The second-order valence-electron chi connectivity index (χ2n) is 6.45. The third kappa shape index (κ3) is 6.57. The molecule has 1 fully saturated rings. The number of rotatable bonds is 7. The van der Waals surface area contributed by atoms with Crippen molar-refractivity contribution in [1.82, 2.24) is 10.7 Å². The highest BCUT2D eigenvalue weighted by atomic mass is 79.9. The molecule has 0 spiro atoms. The van der Waals surface area contributed by atoms with E-state index >= 15 is 0 Å². The Balaban J connectivity index is 1.57. The van der Waals surface area contributed by atoms with E-state index in [0.29, 0.717) is 22.0 Å². The molecule has 0 bridgehead atoms. The lowest BCUT2D eigenvalue weighted by Crippen LogP contribution is -2.38. The van der Waals surface area contributed by atoms with E-state index < -0.39 is 11.8 Å². The minimum absolute atomic E-state index is 0.0780. The van der Waals surface area contributed by atoms with Gasteiger partial charge in [0.15, 0.2) is 6.61 Å². The third-order valence-corrected chi connectivity index (χ3v) is 4.79. The molecule has 0 heterocycles. The molecule has 8 nitrogen and oxygen atoms in total. The van der Waals surface area contributed by atoms with E-state index in [4.69, 9.17) is 16.3 Å². The number of amides is 3. The molecule has 10 heteroatoms. The number of carbonyl (C=O) groups is 3. The summed E-state index contributed by atoms with van der Waals surface area (Å²) in [6.07, 6.45) is 3.09. The van der Waals surface area contributed by atoms with Crippen LogP contribution in [0.2, 0.25) is 5.02 Å². The van der Waals surface area contributed by atoms with Gasteiger partial charge in [0.25, 0.3) is 5.91 Å². The van der Waals surface area contributed by atoms with Gasteiger partial charge in [0, 0.05) is 16.1 Å². The number of ether oxygens (including phenoxy) is 1. The van der Waals surface area contributed by atoms with E-state index in [1.54, 1.807) is 42.5 Å². The van der Waals surface area contributed by atoms with Crippen molar-refractivity contribution in [3.8, 4) is 5.75 Å². The van der Waals surface area contributed by atoms with Crippen molar-refractivity contribution in [3.63, 3.8) is 0 Å². The number of benzene rings is 2. The average Bonchev–Trinajstić information content (AvgIpc) is 3.53. The van der Waals surface area contributed by atoms with Crippen LogP contribution in [0, 0.1) is 0 Å². The van der Waals surface area contributed by atoms with Crippen LogP contribution in [-0.4, -0.2) is 36.6 Å². The molecule has 0 saturated heterocycles. The van der Waals surface area contributed by atoms with Crippen LogP contribution < -0.4 is 20.8 Å². The first-order valence-electron chi connectivity index (χ1n) is 9.03. The van der Waals surface area contributed by atoms with E-state index in [2.05, 4.69) is 37.1 Å². The lowest BCUT2D eigenvalue weighted by molar-refractivity contribution is -0.139. The van der Waals surface area contributed by atoms with Crippen LogP contribution in [0.5, 0.6) is 5.75 Å². The van der Waals surface area contributed by atoms with E-state index in [-0.39, 0.29) is 18.6 Å². The Morgan fingerprint density at radius 3 is 2.67 bits per heavy atom. The fourth-order valence-electron chi connectivity index (χ4n) is 2.33. The number of nitrogens with zero attached hydrogens (tertiary/aromatic N) is 1. The summed E-state index contributed by atoms with van der Waals surface area (Å²) in [5.41, 5.74) is 3.15. The van der Waals surface area contributed by atoms with Crippen LogP contribution >= 0.6 is 27.5 Å². The van der Waals surface area contributed by atoms with Gasteiger partial charge in [0.2, 0.25) is 0 Å². The molecule has 3 amide bonds. The van der Waals surface area contributed by atoms with Crippen molar-refractivity contribution in [2.45, 2.75) is 18.9 Å². The zero-order valence-corrected chi connectivity index (χ0v) is 18.0. The molecule has 0 atom stereocenters. The molecule has 0 unspecified atom stereocenters. The Labute approximate surface area is 186 Å². The molecule has 2 aromatic carbocycles. The Kier molecular flexibility index (Phi) is 7.42. The first-order chi connectivity index (χ1) is 14.4. The minimum atomic E-state index is -0.852. The standard InChI is InChI=1S/C20H18BrClN4O4/c21-13-5-8-17(30-11-18(27)25-16-4-2-1-3-15(16)22)12(9-13)10-23-26-20(29)19(28)24-14-6-7-14/h1-5,8-10,14H,6-7,11H2,(H,24,28)(H,25,27)(H,26,29)/b23-10-. The van der Waals surface area contributed by atoms with Crippen LogP contribution in [0.15, 0.2) is 52.0 Å². The summed E-state index contributed by atoms with van der Waals surface area (Å²) in [5.74, 6) is -1.60. The van der Waals surface area contributed by atoms with Crippen LogP contribution in [-0.2, 0) is 14.4 Å². The Morgan fingerprint density at radius 1 is 1.17 bits per heavy atom. The van der Waals surface area contributed by atoms with Crippen molar-refractivity contribution in [2.24, 2.45) is 5.10 Å². The first-order valence-corrected chi connectivity index (χ1v) is 10.2. The highest BCUT2D eigenvalue weighted by molar-refractivity contribution is 9.10. The summed E-state index contributed by atoms with van der Waals surface area (Å²) in [7, 11) is 0. The van der Waals surface area contributed by atoms with Crippen LogP contribution in [0.25, 0.3) is 0 Å². The van der Waals surface area contributed by atoms with E-state index in [0.717, 1.165) is 17.3 Å². The smallest absolute Gasteiger partial charge is 0.329 e. The lowest BCUT2D eigenvalue weighted by atomic mass is 10.2. The highest BCUT2D eigenvalue weighted by Gasteiger charge is 2.26. The van der Waals surface area contributed by atoms with E-state index in [9.17, 15) is 14.4 Å². The molecule has 0 aromatic heterocycles. The number of hydrazone groups is 1. The molecule has 1 aliphatic rings. The molecule has 0 aliphatic heterocycles. The molecule has 30 heavy (non-hydrogen) atoms. The average molecular weight is 494 g/mol. The molecular formula is C20H18BrClN4O4. The maximum atomic E-state index is 12.1. The van der Waals surface area contributed by atoms with E-state index in [1.807, 2.05) is 0 Å². The van der Waals surface area contributed by atoms with Crippen molar-refractivity contribution < 1.29 is 19.1 Å². The number of anilines is 1. The molecule has 2 aromatic rings. The summed E-state index contributed by atoms with van der Waals surface area (Å²) in [4.78, 5) is 35.5. The number of halogens is 2. The van der Waals surface area contributed by atoms with Gasteiger partial charge >= 0.3 is 11.8 Å². The van der Waals surface area contributed by atoms with Crippen LogP contribution in [0.4, 0.5) is 5.69 Å². The largest absolute Gasteiger partial charge is 0.483 e. The van der Waals surface area contributed by atoms with Gasteiger partial charge in [-0.25, -0.2) is 5.43 Å². The molecule has 3 rings (SSSR count). The Hall–Kier alpha value is -2.91. The first kappa shape index (κ1) is 21.8. The summed E-state index contributed by atoms with van der Waals surface area (Å²) in [5, 5.41) is 9.45. The molecule has 3 N–H and O–H groups in total. The molecule has 1 saturated carbocycles. The Bertz CT molecular complexity index is 995. The molecule has 1 aliphatic carbocycles. The van der Waals surface area contributed by atoms with Gasteiger partial charge in [-0.1, -0.05) is 39.7 Å². The van der Waals surface area contributed by atoms with Crippen molar-refractivity contribution in [2.75, 3.05) is 11.9 Å². The second kappa shape index (κ2) is 10.2. The molecule has 156 valence electrons. The lowest BCUT2D eigenvalue weighted by Gasteiger charge is -2.11. The zero-order chi connectivity index (χ0) is 21.5. The number of hydrogen-bond acceptors (Lipinski definition) is 5. The van der Waals surface area contributed by atoms with Gasteiger partial charge < -0.3 is 15.4 Å². The van der Waals surface area contributed by atoms with Crippen LogP contribution in [0.3, 0.4) is 0 Å². The topological polar surface area (TPSA) is 109 Å².